The third-order valence-corrected chi connectivity index (χ3v) is 1.59. The van der Waals surface area contributed by atoms with Crippen molar-refractivity contribution in [1.82, 2.24) is 0 Å². The summed E-state index contributed by atoms with van der Waals surface area (Å²) < 4.78 is 28.9. The van der Waals surface area contributed by atoms with Gasteiger partial charge < -0.3 is 15.3 Å². The second kappa shape index (κ2) is 4.12. The molecule has 12 heavy (non-hydrogen) atoms. The summed E-state index contributed by atoms with van der Waals surface area (Å²) in [5, 5.41) is 24.6. The van der Waals surface area contributed by atoms with Crippen LogP contribution >= 0.6 is 0 Å². The lowest BCUT2D eigenvalue weighted by Gasteiger charge is -2.12. The molecule has 0 aliphatic heterocycles. The molecule has 0 aliphatic carbocycles. The fourth-order valence-corrected chi connectivity index (χ4v) is 0.989. The molecular formula is C4H10O7S. The maximum Gasteiger partial charge on any atom is 0.400 e. The predicted octanol–water partition coefficient (Wildman–Crippen LogP) is -2.08. The molecule has 0 rings (SSSR count). The number of rotatable bonds is 5. The van der Waals surface area contributed by atoms with Gasteiger partial charge in [0.25, 0.3) is 0 Å². The second-order valence-corrected chi connectivity index (χ2v) is 3.14. The summed E-state index contributed by atoms with van der Waals surface area (Å²) in [6.45, 7) is 0.0674. The highest BCUT2D eigenvalue weighted by atomic mass is 32.3. The van der Waals surface area contributed by atoms with Gasteiger partial charge in [-0.2, -0.15) is 8.42 Å². The molecule has 0 spiro atoms. The Kier molecular flexibility index (Phi) is 4.03. The zero-order valence-electron chi connectivity index (χ0n) is 6.30. The van der Waals surface area contributed by atoms with Gasteiger partial charge in [0, 0.05) is 0 Å². The quantitative estimate of drug-likeness (QED) is 0.438. The van der Waals surface area contributed by atoms with E-state index >= 15 is 0 Å². The Labute approximate surface area is 69.5 Å². The molecule has 0 saturated carbocycles. The fourth-order valence-electron chi connectivity index (χ4n) is 0.330. The van der Waals surface area contributed by atoms with Gasteiger partial charge in [0.1, 0.15) is 6.61 Å². The molecule has 7 nitrogen and oxygen atoms in total. The molecule has 0 bridgehead atoms. The van der Waals surface area contributed by atoms with Crippen LogP contribution in [0.5, 0.6) is 0 Å². The topological polar surface area (TPSA) is 113 Å². The molecule has 0 fully saturated rings. The lowest BCUT2D eigenvalue weighted by atomic mass is 10.6. The Morgan fingerprint density at radius 1 is 1.25 bits per heavy atom. The highest BCUT2D eigenvalue weighted by molar-refractivity contribution is 7.81. The van der Waals surface area contributed by atoms with E-state index in [1.54, 1.807) is 0 Å². The Morgan fingerprint density at radius 2 is 1.75 bits per heavy atom. The van der Waals surface area contributed by atoms with E-state index in [4.69, 9.17) is 15.3 Å². The van der Waals surface area contributed by atoms with Gasteiger partial charge in [0.15, 0.2) is 0 Å². The molecule has 0 aromatic heterocycles. The normalized spacial score (nSPS) is 13.3. The van der Waals surface area contributed by atoms with Crippen LogP contribution < -0.4 is 0 Å². The van der Waals surface area contributed by atoms with Gasteiger partial charge in [-0.1, -0.05) is 0 Å². The van der Waals surface area contributed by atoms with E-state index < -0.39 is 23.0 Å². The monoisotopic (exact) mass is 202 g/mol. The van der Waals surface area contributed by atoms with Crippen molar-refractivity contribution >= 4 is 10.4 Å². The van der Waals surface area contributed by atoms with Crippen LogP contribution in [0.4, 0.5) is 0 Å². The summed E-state index contributed by atoms with van der Waals surface area (Å²) in [7, 11) is -4.24. The minimum atomic E-state index is -4.24. The van der Waals surface area contributed by atoms with Crippen molar-refractivity contribution in [2.24, 2.45) is 0 Å². The first-order valence-corrected chi connectivity index (χ1v) is 4.31. The van der Waals surface area contributed by atoms with Gasteiger partial charge in [-0.25, -0.2) is 8.37 Å². The van der Waals surface area contributed by atoms with Crippen molar-refractivity contribution in [3.8, 4) is 0 Å². The van der Waals surface area contributed by atoms with E-state index in [0.29, 0.717) is 0 Å². The molecule has 0 aromatic carbocycles. The average molecular weight is 202 g/mol. The molecule has 0 atom stereocenters. The average Bonchev–Trinajstić information content (AvgIpc) is 1.83. The molecule has 0 aliphatic rings. The van der Waals surface area contributed by atoms with Crippen LogP contribution in [0, 0.1) is 0 Å². The van der Waals surface area contributed by atoms with Crippen LogP contribution in [0.25, 0.3) is 0 Å². The standard InChI is InChI=1S/C4H10O7S/c1-2-10-12(8,9)11-3-4(5,6)7/h5-7H,2-3H2,1H3. The summed E-state index contributed by atoms with van der Waals surface area (Å²) in [5.74, 6) is -3.18. The van der Waals surface area contributed by atoms with Crippen molar-refractivity contribution in [2.75, 3.05) is 13.2 Å². The van der Waals surface area contributed by atoms with Crippen LogP contribution in [0.2, 0.25) is 0 Å². The molecule has 0 amide bonds. The van der Waals surface area contributed by atoms with Gasteiger partial charge in [-0.3, -0.25) is 0 Å². The highest BCUT2D eigenvalue weighted by Gasteiger charge is 2.23. The molecule has 3 N–H and O–H groups in total. The van der Waals surface area contributed by atoms with E-state index in [-0.39, 0.29) is 6.61 Å². The third-order valence-electron chi connectivity index (χ3n) is 0.659. The minimum absolute atomic E-state index is 0.141. The van der Waals surface area contributed by atoms with E-state index in [9.17, 15) is 8.42 Å². The lowest BCUT2D eigenvalue weighted by molar-refractivity contribution is -0.322. The Hall–Kier alpha value is -0.250. The highest BCUT2D eigenvalue weighted by Crippen LogP contribution is 2.00. The summed E-state index contributed by atoms with van der Waals surface area (Å²) in [4.78, 5) is 0. The van der Waals surface area contributed by atoms with Crippen molar-refractivity contribution in [2.45, 2.75) is 12.9 Å². The number of aliphatic hydroxyl groups is 3. The zero-order valence-corrected chi connectivity index (χ0v) is 7.11. The number of hydrogen-bond donors (Lipinski definition) is 3. The Bertz CT molecular complexity index is 212. The van der Waals surface area contributed by atoms with Crippen molar-refractivity contribution in [3.63, 3.8) is 0 Å². The van der Waals surface area contributed by atoms with E-state index in [0.717, 1.165) is 0 Å². The molecule has 8 heteroatoms. The smallest absolute Gasteiger partial charge is 0.342 e. The maximum atomic E-state index is 10.5. The molecule has 0 unspecified atom stereocenters. The first-order valence-electron chi connectivity index (χ1n) is 2.98. The third kappa shape index (κ3) is 6.46. The summed E-state index contributed by atoms with van der Waals surface area (Å²) in [5.41, 5.74) is 0. The molecule has 74 valence electrons. The lowest BCUT2D eigenvalue weighted by Crippen LogP contribution is -2.34. The SMILES string of the molecule is CCOS(=O)(=O)OCC(O)(O)O. The first kappa shape index (κ1) is 11.8. The van der Waals surface area contributed by atoms with Gasteiger partial charge in [-0.15, -0.1) is 0 Å². The minimum Gasteiger partial charge on any atom is -0.342 e. The maximum absolute atomic E-state index is 10.5. The predicted molar refractivity (Wildman–Crippen MR) is 35.9 cm³/mol. The summed E-state index contributed by atoms with van der Waals surface area (Å²) in [6, 6.07) is 0. The second-order valence-electron chi connectivity index (χ2n) is 1.85. The van der Waals surface area contributed by atoms with E-state index in [2.05, 4.69) is 8.37 Å². The van der Waals surface area contributed by atoms with E-state index in [1.807, 2.05) is 0 Å². The number of hydrogen-bond acceptors (Lipinski definition) is 7. The van der Waals surface area contributed by atoms with Crippen LogP contribution in [-0.2, 0) is 18.8 Å². The molecular weight excluding hydrogens is 192 g/mol. The van der Waals surface area contributed by atoms with Gasteiger partial charge in [0.05, 0.1) is 6.61 Å². The first-order chi connectivity index (χ1) is 5.27. The van der Waals surface area contributed by atoms with E-state index in [1.165, 1.54) is 6.92 Å². The Morgan fingerprint density at radius 3 is 2.08 bits per heavy atom. The molecule has 0 saturated heterocycles. The van der Waals surface area contributed by atoms with Crippen molar-refractivity contribution in [3.05, 3.63) is 0 Å². The fraction of sp³-hybridized carbons (Fsp3) is 1.00. The molecule has 0 aromatic rings. The summed E-state index contributed by atoms with van der Waals surface area (Å²) >= 11 is 0. The largest absolute Gasteiger partial charge is 0.400 e. The van der Waals surface area contributed by atoms with Crippen molar-refractivity contribution < 1.29 is 32.1 Å². The van der Waals surface area contributed by atoms with Gasteiger partial charge in [-0.05, 0) is 6.92 Å². The zero-order chi connectivity index (χ0) is 9.83. The van der Waals surface area contributed by atoms with Crippen LogP contribution in [-0.4, -0.2) is 42.9 Å². The Balaban J connectivity index is 3.94. The van der Waals surface area contributed by atoms with Crippen LogP contribution in [0.1, 0.15) is 6.92 Å². The summed E-state index contributed by atoms with van der Waals surface area (Å²) in [6.07, 6.45) is 0. The van der Waals surface area contributed by atoms with Crippen molar-refractivity contribution in [1.29, 1.82) is 0 Å². The van der Waals surface area contributed by atoms with Gasteiger partial charge >= 0.3 is 16.4 Å². The molecule has 0 heterocycles. The molecule has 0 radical (unpaired) electrons. The van der Waals surface area contributed by atoms with Crippen LogP contribution in [0.3, 0.4) is 0 Å². The van der Waals surface area contributed by atoms with Crippen LogP contribution in [0.15, 0.2) is 0 Å². The van der Waals surface area contributed by atoms with Gasteiger partial charge in [0.2, 0.25) is 0 Å².